The number of hydrogen-bond acceptors (Lipinski definition) is 4. The second kappa shape index (κ2) is 4.97. The molecule has 0 amide bonds. The molecule has 0 aliphatic heterocycles. The zero-order chi connectivity index (χ0) is 14.1. The van der Waals surface area contributed by atoms with E-state index in [1.165, 1.54) is 4.57 Å². The van der Waals surface area contributed by atoms with Crippen LogP contribution in [0.4, 0.5) is 0 Å². The number of fused-ring (bicyclic) bond motifs is 1. The average Bonchev–Trinajstić information content (AvgIpc) is 2.73. The molecule has 0 unspecified atom stereocenters. The predicted molar refractivity (Wildman–Crippen MR) is 74.9 cm³/mol. The topological polar surface area (TPSA) is 72.8 Å². The van der Waals surface area contributed by atoms with Gasteiger partial charge in [0.15, 0.2) is 5.65 Å². The van der Waals surface area contributed by atoms with Gasteiger partial charge in [-0.1, -0.05) is 23.7 Å². The highest BCUT2D eigenvalue weighted by molar-refractivity contribution is 6.30. The largest absolute Gasteiger partial charge is 0.459 e. The minimum atomic E-state index is -0.232. The maximum atomic E-state index is 11.4. The first-order valence-corrected chi connectivity index (χ1v) is 6.30. The van der Waals surface area contributed by atoms with E-state index in [2.05, 4.69) is 15.0 Å². The highest BCUT2D eigenvalue weighted by atomic mass is 35.5. The number of aromatic amines is 1. The molecule has 1 aromatic carbocycles. The Morgan fingerprint density at radius 1 is 1.35 bits per heavy atom. The third-order valence-corrected chi connectivity index (χ3v) is 3.17. The van der Waals surface area contributed by atoms with Gasteiger partial charge in [-0.05, 0) is 17.7 Å². The molecule has 3 aromatic rings. The van der Waals surface area contributed by atoms with E-state index in [1.807, 2.05) is 12.1 Å². The molecule has 0 fully saturated rings. The van der Waals surface area contributed by atoms with E-state index < -0.39 is 0 Å². The molecule has 20 heavy (non-hydrogen) atoms. The normalized spacial score (nSPS) is 10.9. The number of imidazole rings is 1. The number of ether oxygens (including phenoxy) is 1. The number of halogens is 1. The minimum Gasteiger partial charge on any atom is -0.459 e. The van der Waals surface area contributed by atoms with E-state index >= 15 is 0 Å². The highest BCUT2D eigenvalue weighted by Crippen LogP contribution is 2.13. The molecule has 102 valence electrons. The second-order valence-corrected chi connectivity index (χ2v) is 4.73. The van der Waals surface area contributed by atoms with Crippen LogP contribution in [0.3, 0.4) is 0 Å². The molecule has 0 aliphatic carbocycles. The molecule has 0 saturated heterocycles. The average molecular weight is 291 g/mol. The van der Waals surface area contributed by atoms with Gasteiger partial charge in [-0.2, -0.15) is 4.98 Å². The molecule has 1 N–H and O–H groups in total. The van der Waals surface area contributed by atoms with Crippen LogP contribution < -0.4 is 10.4 Å². The summed E-state index contributed by atoms with van der Waals surface area (Å²) in [5.41, 5.74) is 1.82. The van der Waals surface area contributed by atoms with Crippen molar-refractivity contribution in [2.75, 3.05) is 0 Å². The summed E-state index contributed by atoms with van der Waals surface area (Å²) in [5, 5.41) is 0.674. The van der Waals surface area contributed by atoms with Crippen molar-refractivity contribution in [3.63, 3.8) is 0 Å². The molecule has 0 saturated carbocycles. The van der Waals surface area contributed by atoms with E-state index in [0.29, 0.717) is 22.8 Å². The van der Waals surface area contributed by atoms with E-state index in [1.54, 1.807) is 25.4 Å². The summed E-state index contributed by atoms with van der Waals surface area (Å²) >= 11 is 5.81. The fraction of sp³-hybridized carbons (Fsp3) is 0.154. The lowest BCUT2D eigenvalue weighted by atomic mass is 10.2. The Morgan fingerprint density at radius 2 is 2.10 bits per heavy atom. The summed E-state index contributed by atoms with van der Waals surface area (Å²) in [5.74, 6) is 0. The minimum absolute atomic E-state index is 0.217. The summed E-state index contributed by atoms with van der Waals surface area (Å²) in [6, 6.07) is 7.53. The summed E-state index contributed by atoms with van der Waals surface area (Å²) in [7, 11) is 1.65. The maximum Gasteiger partial charge on any atom is 0.327 e. The van der Waals surface area contributed by atoms with Gasteiger partial charge in [0.25, 0.3) is 0 Å². The van der Waals surface area contributed by atoms with Crippen molar-refractivity contribution in [1.82, 2.24) is 19.5 Å². The van der Waals surface area contributed by atoms with Gasteiger partial charge < -0.3 is 4.74 Å². The van der Waals surface area contributed by atoms with Crippen LogP contribution in [0, 0.1) is 0 Å². The van der Waals surface area contributed by atoms with Crippen LogP contribution in [0.25, 0.3) is 11.2 Å². The Labute approximate surface area is 119 Å². The van der Waals surface area contributed by atoms with Crippen molar-refractivity contribution in [2.45, 2.75) is 6.61 Å². The molecule has 0 aliphatic rings. The monoisotopic (exact) mass is 290 g/mol. The molecule has 2 aromatic heterocycles. The Bertz CT molecular complexity index is 807. The third kappa shape index (κ3) is 2.37. The number of H-pyrrole nitrogens is 1. The van der Waals surface area contributed by atoms with Gasteiger partial charge in [0.2, 0.25) is 0 Å². The number of rotatable bonds is 3. The van der Waals surface area contributed by atoms with Crippen molar-refractivity contribution in [1.29, 1.82) is 0 Å². The lowest BCUT2D eigenvalue weighted by molar-refractivity contribution is 0.282. The van der Waals surface area contributed by atoms with Gasteiger partial charge in [-0.3, -0.25) is 9.55 Å². The number of nitrogens with zero attached hydrogens (tertiary/aromatic N) is 3. The zero-order valence-corrected chi connectivity index (χ0v) is 11.4. The van der Waals surface area contributed by atoms with Gasteiger partial charge in [0.1, 0.15) is 12.1 Å². The first-order valence-electron chi connectivity index (χ1n) is 5.92. The van der Waals surface area contributed by atoms with Gasteiger partial charge in [-0.25, -0.2) is 9.78 Å². The second-order valence-electron chi connectivity index (χ2n) is 4.29. The Kier molecular flexibility index (Phi) is 3.15. The van der Waals surface area contributed by atoms with Crippen molar-refractivity contribution < 1.29 is 4.74 Å². The standard InChI is InChI=1S/C13H11ClN4O2/c1-18-10-6-15-12(16-11(10)17-13(18)19)20-7-8-2-4-9(14)5-3-8/h2-6H,7H2,1H3,(H,15,16,17,19). The number of hydrogen-bond donors (Lipinski definition) is 1. The van der Waals surface area contributed by atoms with E-state index in [9.17, 15) is 4.79 Å². The molecular weight excluding hydrogens is 280 g/mol. The van der Waals surface area contributed by atoms with Crippen LogP contribution >= 0.6 is 11.6 Å². The Morgan fingerprint density at radius 3 is 2.85 bits per heavy atom. The Balaban J connectivity index is 1.81. The summed E-state index contributed by atoms with van der Waals surface area (Å²) < 4.78 is 6.94. The summed E-state index contributed by atoms with van der Waals surface area (Å²) in [4.78, 5) is 22.3. The molecule has 2 heterocycles. The maximum absolute atomic E-state index is 11.4. The SMILES string of the molecule is Cn1c(=O)[nH]c2nc(OCc3ccc(Cl)cc3)ncc21. The van der Waals surface area contributed by atoms with Crippen LogP contribution in [-0.2, 0) is 13.7 Å². The van der Waals surface area contributed by atoms with Crippen LogP contribution in [-0.4, -0.2) is 19.5 Å². The fourth-order valence-corrected chi connectivity index (χ4v) is 1.92. The molecule has 0 atom stereocenters. The van der Waals surface area contributed by atoms with Gasteiger partial charge >= 0.3 is 11.7 Å². The van der Waals surface area contributed by atoms with Crippen LogP contribution in [0.15, 0.2) is 35.3 Å². The van der Waals surface area contributed by atoms with Crippen LogP contribution in [0.5, 0.6) is 6.01 Å². The molecule has 7 heteroatoms. The molecule has 0 bridgehead atoms. The molecular formula is C13H11ClN4O2. The summed E-state index contributed by atoms with van der Waals surface area (Å²) in [6.45, 7) is 0.333. The predicted octanol–water partition coefficient (Wildman–Crippen LogP) is 1.89. The molecule has 0 radical (unpaired) electrons. The van der Waals surface area contributed by atoms with E-state index in [0.717, 1.165) is 5.56 Å². The van der Waals surface area contributed by atoms with E-state index in [-0.39, 0.29) is 11.7 Å². The van der Waals surface area contributed by atoms with Crippen molar-refractivity contribution >= 4 is 22.8 Å². The summed E-state index contributed by atoms with van der Waals surface area (Å²) in [6.07, 6.45) is 1.55. The number of aromatic nitrogens is 4. The Hall–Kier alpha value is -2.34. The van der Waals surface area contributed by atoms with Crippen molar-refractivity contribution in [3.05, 3.63) is 51.5 Å². The lowest BCUT2D eigenvalue weighted by Crippen LogP contribution is -2.11. The van der Waals surface area contributed by atoms with Crippen molar-refractivity contribution in [3.8, 4) is 6.01 Å². The zero-order valence-electron chi connectivity index (χ0n) is 10.6. The van der Waals surface area contributed by atoms with Gasteiger partial charge in [-0.15, -0.1) is 0 Å². The molecule has 6 nitrogen and oxygen atoms in total. The van der Waals surface area contributed by atoms with Crippen molar-refractivity contribution in [2.24, 2.45) is 7.05 Å². The van der Waals surface area contributed by atoms with Gasteiger partial charge in [0.05, 0.1) is 6.20 Å². The first kappa shape index (κ1) is 12.7. The van der Waals surface area contributed by atoms with E-state index in [4.69, 9.17) is 16.3 Å². The quantitative estimate of drug-likeness (QED) is 0.799. The number of benzene rings is 1. The smallest absolute Gasteiger partial charge is 0.327 e. The number of aryl methyl sites for hydroxylation is 1. The first-order chi connectivity index (χ1) is 9.63. The lowest BCUT2D eigenvalue weighted by Gasteiger charge is -2.04. The number of nitrogens with one attached hydrogen (secondary N) is 1. The molecule has 0 spiro atoms. The fourth-order valence-electron chi connectivity index (χ4n) is 1.79. The third-order valence-electron chi connectivity index (χ3n) is 2.92. The van der Waals surface area contributed by atoms with Crippen LogP contribution in [0.2, 0.25) is 5.02 Å². The van der Waals surface area contributed by atoms with Gasteiger partial charge in [0, 0.05) is 12.1 Å². The highest BCUT2D eigenvalue weighted by Gasteiger charge is 2.07. The van der Waals surface area contributed by atoms with Crippen LogP contribution in [0.1, 0.15) is 5.56 Å². The molecule has 3 rings (SSSR count).